The lowest BCUT2D eigenvalue weighted by Gasteiger charge is -2.44. The van der Waals surface area contributed by atoms with Gasteiger partial charge in [0.25, 0.3) is 0 Å². The van der Waals surface area contributed by atoms with E-state index in [-0.39, 0.29) is 5.04 Å². The number of hydrogen-bond acceptors (Lipinski definition) is 7. The lowest BCUT2D eigenvalue weighted by Crippen LogP contribution is -2.62. The van der Waals surface area contributed by atoms with Crippen LogP contribution in [0.5, 0.6) is 0 Å². The normalized spacial score (nSPS) is 36.6. The molecule has 8 heteroatoms. The first-order valence-corrected chi connectivity index (χ1v) is 9.91. The van der Waals surface area contributed by atoms with Crippen LogP contribution in [0.1, 0.15) is 20.8 Å². The van der Waals surface area contributed by atoms with E-state index in [1.807, 2.05) is 33.9 Å². The van der Waals surface area contributed by atoms with Crippen LogP contribution in [-0.4, -0.2) is 72.8 Å². The molecule has 0 aromatic heterocycles. The molecule has 1 rings (SSSR count). The zero-order valence-corrected chi connectivity index (χ0v) is 14.5. The van der Waals surface area contributed by atoms with Gasteiger partial charge in [-0.1, -0.05) is 20.8 Å². The number of hydrogen-bond donors (Lipinski definition) is 4. The van der Waals surface area contributed by atoms with Gasteiger partial charge in [0.05, 0.1) is 0 Å². The molecular weight excluding hydrogens is 296 g/mol. The van der Waals surface area contributed by atoms with Crippen LogP contribution in [0.2, 0.25) is 18.1 Å². The predicted octanol–water partition coefficient (Wildman–Crippen LogP) is -0.219. The molecule has 7 nitrogen and oxygen atoms in total. The number of ether oxygens (including phenoxy) is 2. The Morgan fingerprint density at radius 3 is 2.00 bits per heavy atom. The van der Waals surface area contributed by atoms with Gasteiger partial charge in [0.2, 0.25) is 0 Å². The summed E-state index contributed by atoms with van der Waals surface area (Å²) in [4.78, 5) is 0. The molecule has 1 fully saturated rings. The fourth-order valence-corrected chi connectivity index (χ4v) is 2.94. The molecule has 1 saturated heterocycles. The molecule has 1 aliphatic heterocycles. The fraction of sp³-hybridized carbons (Fsp3) is 1.00. The molecule has 0 saturated carbocycles. The van der Waals surface area contributed by atoms with Crippen LogP contribution in [0.15, 0.2) is 0 Å². The quantitative estimate of drug-likeness (QED) is 0.418. The van der Waals surface area contributed by atoms with Gasteiger partial charge in [0, 0.05) is 7.11 Å². The lowest BCUT2D eigenvalue weighted by atomic mass is 9.98. The number of aliphatic hydroxyl groups is 4. The van der Waals surface area contributed by atoms with Crippen LogP contribution in [0.4, 0.5) is 0 Å². The van der Waals surface area contributed by atoms with E-state index in [4.69, 9.17) is 13.9 Å². The molecule has 0 amide bonds. The Bertz CT molecular complexity index is 342. The van der Waals surface area contributed by atoms with E-state index < -0.39 is 45.3 Å². The van der Waals surface area contributed by atoms with Crippen LogP contribution in [-0.2, 0) is 13.9 Å². The standard InChI is InChI=1S/C13H28O7Si/c1-13(2,3)21(5,6)20-11(17)10-8(15)7(14)9(16)12(18-4)19-10/h7-12,14-17H,1-6H3/t7-,8-,9+,10-,11?,12-/m0/s1. The van der Waals surface area contributed by atoms with E-state index in [1.165, 1.54) is 7.11 Å². The minimum Gasteiger partial charge on any atom is -0.390 e. The molecule has 0 aromatic rings. The van der Waals surface area contributed by atoms with Gasteiger partial charge in [-0.05, 0) is 18.1 Å². The Morgan fingerprint density at radius 2 is 1.57 bits per heavy atom. The van der Waals surface area contributed by atoms with Crippen molar-refractivity contribution >= 4 is 8.32 Å². The molecule has 0 aliphatic carbocycles. The highest BCUT2D eigenvalue weighted by Gasteiger charge is 2.49. The van der Waals surface area contributed by atoms with E-state index in [2.05, 4.69) is 0 Å². The zero-order valence-electron chi connectivity index (χ0n) is 13.5. The molecule has 0 radical (unpaired) electrons. The van der Waals surface area contributed by atoms with Gasteiger partial charge >= 0.3 is 0 Å². The molecule has 1 unspecified atom stereocenters. The summed E-state index contributed by atoms with van der Waals surface area (Å²) >= 11 is 0. The van der Waals surface area contributed by atoms with E-state index in [1.54, 1.807) is 0 Å². The van der Waals surface area contributed by atoms with E-state index in [9.17, 15) is 20.4 Å². The van der Waals surface area contributed by atoms with Gasteiger partial charge in [0.15, 0.2) is 20.9 Å². The molecule has 126 valence electrons. The Morgan fingerprint density at radius 1 is 1.05 bits per heavy atom. The summed E-state index contributed by atoms with van der Waals surface area (Å²) in [5, 5.41) is 39.6. The van der Waals surface area contributed by atoms with Crippen molar-refractivity contribution in [3.63, 3.8) is 0 Å². The van der Waals surface area contributed by atoms with Gasteiger partial charge < -0.3 is 34.3 Å². The minimum absolute atomic E-state index is 0.133. The van der Waals surface area contributed by atoms with Crippen LogP contribution in [0.3, 0.4) is 0 Å². The molecule has 21 heavy (non-hydrogen) atoms. The summed E-state index contributed by atoms with van der Waals surface area (Å²) in [6.45, 7) is 9.94. The number of aliphatic hydroxyl groups excluding tert-OH is 4. The van der Waals surface area contributed by atoms with Crippen LogP contribution in [0, 0.1) is 0 Å². The van der Waals surface area contributed by atoms with Crippen molar-refractivity contribution < 1.29 is 34.3 Å². The van der Waals surface area contributed by atoms with E-state index >= 15 is 0 Å². The van der Waals surface area contributed by atoms with Gasteiger partial charge in [-0.15, -0.1) is 0 Å². The van der Waals surface area contributed by atoms with Crippen LogP contribution >= 0.6 is 0 Å². The second kappa shape index (κ2) is 6.59. The molecule has 1 aliphatic rings. The van der Waals surface area contributed by atoms with Crippen LogP contribution < -0.4 is 0 Å². The van der Waals surface area contributed by atoms with Crippen molar-refractivity contribution in [2.75, 3.05) is 7.11 Å². The summed E-state index contributed by atoms with van der Waals surface area (Å²) in [6.07, 6.45) is -8.08. The molecular formula is C13H28O7Si. The molecule has 0 spiro atoms. The van der Waals surface area contributed by atoms with Crippen molar-refractivity contribution in [1.29, 1.82) is 0 Å². The average Bonchev–Trinajstić information content (AvgIpc) is 2.34. The Labute approximate surface area is 126 Å². The first kappa shape index (κ1) is 19.0. The molecule has 0 bridgehead atoms. The van der Waals surface area contributed by atoms with E-state index in [0.29, 0.717) is 0 Å². The molecule has 4 N–H and O–H groups in total. The summed E-state index contributed by atoms with van der Waals surface area (Å²) in [7, 11) is -0.977. The first-order chi connectivity index (χ1) is 9.42. The van der Waals surface area contributed by atoms with Gasteiger partial charge in [-0.25, -0.2) is 0 Å². The smallest absolute Gasteiger partial charge is 0.195 e. The zero-order chi connectivity index (χ0) is 16.6. The SMILES string of the molecule is CO[C@H]1O[C@H](C(O)O[Si](C)(C)C(C)(C)C)[C@@H](O)[C@H](O)[C@H]1O. The summed E-state index contributed by atoms with van der Waals surface area (Å²) in [6, 6.07) is 0. The fourth-order valence-electron chi connectivity index (χ4n) is 1.85. The number of methoxy groups -OCH3 is 1. The lowest BCUT2D eigenvalue weighted by molar-refractivity contribution is -0.320. The maximum absolute atomic E-state index is 10.2. The Hall–Kier alpha value is -0.0631. The van der Waals surface area contributed by atoms with Crippen molar-refractivity contribution in [3.8, 4) is 0 Å². The minimum atomic E-state index is -2.28. The van der Waals surface area contributed by atoms with Gasteiger partial charge in [-0.2, -0.15) is 0 Å². The third kappa shape index (κ3) is 4.02. The predicted molar refractivity (Wildman–Crippen MR) is 78.0 cm³/mol. The highest BCUT2D eigenvalue weighted by atomic mass is 28.4. The maximum Gasteiger partial charge on any atom is 0.195 e. The second-order valence-corrected chi connectivity index (χ2v) is 11.7. The molecule has 1 heterocycles. The third-order valence-corrected chi connectivity index (χ3v) is 8.78. The second-order valence-electron chi connectivity index (χ2n) is 6.95. The van der Waals surface area contributed by atoms with E-state index in [0.717, 1.165) is 0 Å². The topological polar surface area (TPSA) is 109 Å². The monoisotopic (exact) mass is 324 g/mol. The third-order valence-electron chi connectivity index (χ3n) is 4.34. The van der Waals surface area contributed by atoms with Crippen molar-refractivity contribution in [2.45, 2.75) is 75.9 Å². The first-order valence-electron chi connectivity index (χ1n) is 7.00. The van der Waals surface area contributed by atoms with Crippen molar-refractivity contribution in [2.24, 2.45) is 0 Å². The van der Waals surface area contributed by atoms with Gasteiger partial charge in [-0.3, -0.25) is 0 Å². The summed E-state index contributed by atoms with van der Waals surface area (Å²) in [5.74, 6) is 0. The maximum atomic E-state index is 10.2. The Kier molecular flexibility index (Phi) is 5.96. The summed E-state index contributed by atoms with van der Waals surface area (Å²) in [5.41, 5.74) is 0. The van der Waals surface area contributed by atoms with Gasteiger partial charge in [0.1, 0.15) is 24.4 Å². The Balaban J connectivity index is 2.84. The van der Waals surface area contributed by atoms with Crippen LogP contribution in [0.25, 0.3) is 0 Å². The molecule has 6 atom stereocenters. The highest BCUT2D eigenvalue weighted by Crippen LogP contribution is 2.38. The average molecular weight is 324 g/mol. The van der Waals surface area contributed by atoms with Crippen molar-refractivity contribution in [3.05, 3.63) is 0 Å². The van der Waals surface area contributed by atoms with Crippen molar-refractivity contribution in [1.82, 2.24) is 0 Å². The summed E-state index contributed by atoms with van der Waals surface area (Å²) < 4.78 is 16.0. The highest BCUT2D eigenvalue weighted by molar-refractivity contribution is 6.74. The number of rotatable bonds is 4. The molecule has 0 aromatic carbocycles. The largest absolute Gasteiger partial charge is 0.390 e.